The summed E-state index contributed by atoms with van der Waals surface area (Å²) in [4.78, 5) is 15.9. The number of carbonyl (C=O) groups is 1. The molecule has 0 saturated carbocycles. The number of H-pyrrole nitrogens is 1. The van der Waals surface area contributed by atoms with E-state index in [-0.39, 0.29) is 24.3 Å². The van der Waals surface area contributed by atoms with E-state index < -0.39 is 0 Å². The van der Waals surface area contributed by atoms with Crippen molar-refractivity contribution in [3.63, 3.8) is 0 Å². The van der Waals surface area contributed by atoms with Crippen LogP contribution in [0.2, 0.25) is 0 Å². The minimum Gasteiger partial charge on any atom is -0.399 e. The predicted molar refractivity (Wildman–Crippen MR) is 74.0 cm³/mol. The zero-order chi connectivity index (χ0) is 12.6. The van der Waals surface area contributed by atoms with Gasteiger partial charge in [0.2, 0.25) is 0 Å². The molecule has 0 radical (unpaired) electrons. The number of nitrogens with two attached hydrogens (primary N) is 2. The van der Waals surface area contributed by atoms with Crippen molar-refractivity contribution in [1.29, 1.82) is 5.41 Å². The zero-order valence-electron chi connectivity index (χ0n) is 9.73. The van der Waals surface area contributed by atoms with Gasteiger partial charge in [0.05, 0.1) is 0 Å². The molecular formula is C11H14ClN5O. The lowest BCUT2D eigenvalue weighted by atomic mass is 10.2. The van der Waals surface area contributed by atoms with Gasteiger partial charge >= 0.3 is 0 Å². The average Bonchev–Trinajstić information content (AvgIpc) is 2.69. The van der Waals surface area contributed by atoms with Gasteiger partial charge in [0, 0.05) is 23.6 Å². The van der Waals surface area contributed by atoms with Gasteiger partial charge in [0.15, 0.2) is 5.96 Å². The molecule has 6 nitrogen and oxygen atoms in total. The van der Waals surface area contributed by atoms with E-state index in [0.29, 0.717) is 11.4 Å². The van der Waals surface area contributed by atoms with Crippen LogP contribution in [-0.4, -0.2) is 28.8 Å². The Balaban J connectivity index is 0.00000162. The summed E-state index contributed by atoms with van der Waals surface area (Å²) in [6.07, 6.45) is 0. The maximum Gasteiger partial charge on any atom is 0.276 e. The SMILES string of the molecule is CN(C(=N)N)C(=O)c1cc2cc(N)ccc2[nH]1.Cl. The van der Waals surface area contributed by atoms with Crippen LogP contribution in [0.1, 0.15) is 10.5 Å². The monoisotopic (exact) mass is 267 g/mol. The number of guanidine groups is 1. The molecule has 0 fully saturated rings. The highest BCUT2D eigenvalue weighted by Gasteiger charge is 2.16. The summed E-state index contributed by atoms with van der Waals surface area (Å²) in [6, 6.07) is 7.01. The standard InChI is InChI=1S/C11H13N5O.ClH/c1-16(11(13)14)10(17)9-5-6-4-7(12)2-3-8(6)15-9;/h2-5,15H,12H2,1H3,(H3,13,14);1H. The molecule has 0 bridgehead atoms. The van der Waals surface area contributed by atoms with Crippen LogP contribution < -0.4 is 11.5 Å². The molecule has 1 aromatic carbocycles. The van der Waals surface area contributed by atoms with Gasteiger partial charge in [-0.05, 0) is 24.3 Å². The summed E-state index contributed by atoms with van der Waals surface area (Å²) in [7, 11) is 1.45. The number of nitrogens with one attached hydrogen (secondary N) is 2. The van der Waals surface area contributed by atoms with Crippen LogP contribution in [-0.2, 0) is 0 Å². The number of nitrogens with zero attached hydrogens (tertiary/aromatic N) is 1. The van der Waals surface area contributed by atoms with E-state index in [0.717, 1.165) is 15.8 Å². The van der Waals surface area contributed by atoms with Crippen molar-refractivity contribution < 1.29 is 4.79 Å². The van der Waals surface area contributed by atoms with E-state index >= 15 is 0 Å². The Kier molecular flexibility index (Phi) is 3.82. The van der Waals surface area contributed by atoms with Crippen molar-refractivity contribution in [3.05, 3.63) is 30.0 Å². The Bertz CT molecular complexity index is 606. The van der Waals surface area contributed by atoms with Gasteiger partial charge in [-0.1, -0.05) is 0 Å². The number of carbonyl (C=O) groups excluding carboxylic acids is 1. The van der Waals surface area contributed by atoms with Gasteiger partial charge < -0.3 is 16.5 Å². The minimum atomic E-state index is -0.354. The van der Waals surface area contributed by atoms with E-state index in [1.807, 2.05) is 0 Å². The number of anilines is 1. The number of fused-ring (bicyclic) bond motifs is 1. The summed E-state index contributed by atoms with van der Waals surface area (Å²) >= 11 is 0. The summed E-state index contributed by atoms with van der Waals surface area (Å²) in [5, 5.41) is 8.05. The van der Waals surface area contributed by atoms with Crippen LogP contribution in [0.15, 0.2) is 24.3 Å². The third-order valence-electron chi connectivity index (χ3n) is 2.54. The molecule has 0 atom stereocenters. The first-order chi connectivity index (χ1) is 7.99. The van der Waals surface area contributed by atoms with Gasteiger partial charge in [-0.15, -0.1) is 12.4 Å². The third kappa shape index (κ3) is 2.38. The van der Waals surface area contributed by atoms with E-state index in [9.17, 15) is 4.79 Å². The van der Waals surface area contributed by atoms with Crippen molar-refractivity contribution in [3.8, 4) is 0 Å². The lowest BCUT2D eigenvalue weighted by Gasteiger charge is -2.12. The summed E-state index contributed by atoms with van der Waals surface area (Å²) < 4.78 is 0. The Morgan fingerprint density at radius 3 is 2.67 bits per heavy atom. The molecular weight excluding hydrogens is 254 g/mol. The predicted octanol–water partition coefficient (Wildman–Crippen LogP) is 1.14. The normalized spacial score (nSPS) is 9.83. The van der Waals surface area contributed by atoms with Crippen LogP contribution in [0.5, 0.6) is 0 Å². The fraction of sp³-hybridized carbons (Fsp3) is 0.0909. The van der Waals surface area contributed by atoms with E-state index in [4.69, 9.17) is 16.9 Å². The smallest absolute Gasteiger partial charge is 0.276 e. The fourth-order valence-electron chi connectivity index (χ4n) is 1.56. The molecule has 1 amide bonds. The molecule has 1 aromatic heterocycles. The first-order valence-electron chi connectivity index (χ1n) is 4.99. The molecule has 0 unspecified atom stereocenters. The molecule has 96 valence electrons. The number of hydrogen-bond acceptors (Lipinski definition) is 3. The van der Waals surface area contributed by atoms with Crippen LogP contribution in [0.25, 0.3) is 10.9 Å². The second kappa shape index (κ2) is 4.97. The van der Waals surface area contributed by atoms with E-state index in [1.54, 1.807) is 24.3 Å². The Labute approximate surface area is 110 Å². The number of nitrogen functional groups attached to an aromatic ring is 1. The number of rotatable bonds is 1. The van der Waals surface area contributed by atoms with Crippen molar-refractivity contribution in [2.24, 2.45) is 5.73 Å². The summed E-state index contributed by atoms with van der Waals surface area (Å²) in [5.74, 6) is -0.652. The first kappa shape index (κ1) is 13.9. The van der Waals surface area contributed by atoms with Crippen LogP contribution in [0.3, 0.4) is 0 Å². The highest BCUT2D eigenvalue weighted by Crippen LogP contribution is 2.18. The lowest BCUT2D eigenvalue weighted by Crippen LogP contribution is -2.38. The van der Waals surface area contributed by atoms with Gasteiger partial charge in [-0.25, -0.2) is 0 Å². The van der Waals surface area contributed by atoms with Gasteiger partial charge in [0.25, 0.3) is 5.91 Å². The number of hydrogen-bond donors (Lipinski definition) is 4. The van der Waals surface area contributed by atoms with E-state index in [1.165, 1.54) is 7.05 Å². The molecule has 2 rings (SSSR count). The largest absolute Gasteiger partial charge is 0.399 e. The van der Waals surface area contributed by atoms with Crippen LogP contribution >= 0.6 is 12.4 Å². The van der Waals surface area contributed by atoms with Crippen LogP contribution in [0, 0.1) is 5.41 Å². The van der Waals surface area contributed by atoms with Crippen molar-refractivity contribution in [2.75, 3.05) is 12.8 Å². The number of aromatic nitrogens is 1. The molecule has 0 spiro atoms. The van der Waals surface area contributed by atoms with Gasteiger partial charge in [0.1, 0.15) is 5.69 Å². The number of amides is 1. The first-order valence-corrected chi connectivity index (χ1v) is 4.99. The van der Waals surface area contributed by atoms with Crippen molar-refractivity contribution >= 4 is 40.9 Å². The molecule has 0 aliphatic rings. The molecule has 0 aliphatic heterocycles. The zero-order valence-corrected chi connectivity index (χ0v) is 10.5. The van der Waals surface area contributed by atoms with E-state index in [2.05, 4.69) is 4.98 Å². The maximum absolute atomic E-state index is 11.9. The van der Waals surface area contributed by atoms with Crippen LogP contribution in [0.4, 0.5) is 5.69 Å². The van der Waals surface area contributed by atoms with Gasteiger partial charge in [-0.2, -0.15) is 0 Å². The molecule has 7 heteroatoms. The Morgan fingerprint density at radius 1 is 1.39 bits per heavy atom. The topological polar surface area (TPSA) is 112 Å². The fourth-order valence-corrected chi connectivity index (χ4v) is 1.56. The number of halogens is 1. The van der Waals surface area contributed by atoms with Gasteiger partial charge in [-0.3, -0.25) is 15.1 Å². The third-order valence-corrected chi connectivity index (χ3v) is 2.54. The lowest BCUT2D eigenvalue weighted by molar-refractivity contribution is 0.0864. The second-order valence-corrected chi connectivity index (χ2v) is 3.78. The molecule has 0 aliphatic carbocycles. The van der Waals surface area contributed by atoms with Crippen molar-refractivity contribution in [1.82, 2.24) is 9.88 Å². The Hall–Kier alpha value is -2.21. The average molecular weight is 268 g/mol. The molecule has 2 aromatic rings. The minimum absolute atomic E-state index is 0. The molecule has 1 heterocycles. The van der Waals surface area contributed by atoms with Crippen molar-refractivity contribution in [2.45, 2.75) is 0 Å². The molecule has 0 saturated heterocycles. The second-order valence-electron chi connectivity index (χ2n) is 3.78. The summed E-state index contributed by atoms with van der Waals surface area (Å²) in [5.41, 5.74) is 12.7. The highest BCUT2D eigenvalue weighted by molar-refractivity contribution is 6.05. The number of aromatic amines is 1. The quantitative estimate of drug-likeness (QED) is 0.353. The molecule has 6 N–H and O–H groups in total. The Morgan fingerprint density at radius 2 is 2.06 bits per heavy atom. The molecule has 18 heavy (non-hydrogen) atoms. The maximum atomic E-state index is 11.9. The highest BCUT2D eigenvalue weighted by atomic mass is 35.5. The summed E-state index contributed by atoms with van der Waals surface area (Å²) in [6.45, 7) is 0. The number of benzene rings is 1.